The smallest absolute Gasteiger partial charge is 0.238 e. The van der Waals surface area contributed by atoms with Gasteiger partial charge in [-0.1, -0.05) is 12.1 Å². The number of carbonyl (C=O) groups is 1. The minimum Gasteiger partial charge on any atom is -0.379 e. The summed E-state index contributed by atoms with van der Waals surface area (Å²) in [5, 5.41) is 6.28. The van der Waals surface area contributed by atoms with Crippen molar-refractivity contribution in [1.82, 2.24) is 15.1 Å². The first-order chi connectivity index (χ1) is 11.3. The van der Waals surface area contributed by atoms with Crippen LogP contribution in [0.1, 0.15) is 5.56 Å². The normalized spacial score (nSPS) is 20.3. The zero-order chi connectivity index (χ0) is 15.9. The molecule has 0 bridgehead atoms. The Bertz CT molecular complexity index is 494. The molecule has 0 saturated carbocycles. The van der Waals surface area contributed by atoms with Gasteiger partial charge in [-0.3, -0.25) is 14.6 Å². The molecule has 126 valence electrons. The van der Waals surface area contributed by atoms with Crippen LogP contribution in [0, 0.1) is 0 Å². The van der Waals surface area contributed by atoms with Gasteiger partial charge in [0.25, 0.3) is 0 Å². The molecule has 3 rings (SSSR count). The molecule has 2 aliphatic rings. The molecule has 6 nitrogen and oxygen atoms in total. The molecule has 2 aliphatic heterocycles. The second-order valence-electron chi connectivity index (χ2n) is 6.16. The first kappa shape index (κ1) is 16.4. The fourth-order valence-corrected chi connectivity index (χ4v) is 2.98. The Kier molecular flexibility index (Phi) is 5.99. The van der Waals surface area contributed by atoms with Gasteiger partial charge in [0.1, 0.15) is 0 Å². The number of rotatable bonds is 5. The summed E-state index contributed by atoms with van der Waals surface area (Å²) < 4.78 is 5.37. The Morgan fingerprint density at radius 3 is 2.43 bits per heavy atom. The number of carbonyl (C=O) groups excluding carboxylic acids is 1. The van der Waals surface area contributed by atoms with Crippen molar-refractivity contribution in [2.45, 2.75) is 6.54 Å². The van der Waals surface area contributed by atoms with Crippen LogP contribution < -0.4 is 10.6 Å². The van der Waals surface area contributed by atoms with Crippen LogP contribution in [-0.4, -0.2) is 74.7 Å². The summed E-state index contributed by atoms with van der Waals surface area (Å²) in [7, 11) is 0. The third-order valence-electron chi connectivity index (χ3n) is 4.32. The Morgan fingerprint density at radius 1 is 1.04 bits per heavy atom. The van der Waals surface area contributed by atoms with Crippen molar-refractivity contribution < 1.29 is 9.53 Å². The summed E-state index contributed by atoms with van der Waals surface area (Å²) in [6.07, 6.45) is 0. The summed E-state index contributed by atoms with van der Waals surface area (Å²) in [5.41, 5.74) is 2.14. The first-order valence-corrected chi connectivity index (χ1v) is 8.41. The molecule has 0 atom stereocenters. The highest BCUT2D eigenvalue weighted by molar-refractivity contribution is 5.92. The molecular weight excluding hydrogens is 292 g/mol. The summed E-state index contributed by atoms with van der Waals surface area (Å²) in [4.78, 5) is 16.7. The van der Waals surface area contributed by atoms with Gasteiger partial charge in [0.2, 0.25) is 5.91 Å². The van der Waals surface area contributed by atoms with E-state index in [0.717, 1.165) is 64.7 Å². The lowest BCUT2D eigenvalue weighted by molar-refractivity contribution is -0.117. The number of piperazine rings is 1. The summed E-state index contributed by atoms with van der Waals surface area (Å²) in [6, 6.07) is 8.17. The van der Waals surface area contributed by atoms with Crippen LogP contribution in [-0.2, 0) is 16.1 Å². The quantitative estimate of drug-likeness (QED) is 0.821. The maximum absolute atomic E-state index is 12.1. The molecule has 2 heterocycles. The molecule has 0 radical (unpaired) electrons. The summed E-state index contributed by atoms with van der Waals surface area (Å²) in [6.45, 7) is 8.83. The van der Waals surface area contributed by atoms with Gasteiger partial charge in [0.05, 0.1) is 19.8 Å². The molecule has 0 spiro atoms. The minimum absolute atomic E-state index is 0.0628. The van der Waals surface area contributed by atoms with Gasteiger partial charge in [0, 0.05) is 51.5 Å². The van der Waals surface area contributed by atoms with Crippen LogP contribution in [0.25, 0.3) is 0 Å². The van der Waals surface area contributed by atoms with Crippen molar-refractivity contribution in [3.63, 3.8) is 0 Å². The maximum Gasteiger partial charge on any atom is 0.238 e. The van der Waals surface area contributed by atoms with Gasteiger partial charge in [-0.25, -0.2) is 0 Å². The highest BCUT2D eigenvalue weighted by Gasteiger charge is 2.14. The number of benzene rings is 1. The molecule has 1 amide bonds. The van der Waals surface area contributed by atoms with E-state index in [-0.39, 0.29) is 5.91 Å². The molecule has 23 heavy (non-hydrogen) atoms. The number of amides is 1. The van der Waals surface area contributed by atoms with Gasteiger partial charge in [0.15, 0.2) is 0 Å². The highest BCUT2D eigenvalue weighted by Crippen LogP contribution is 2.12. The molecule has 2 saturated heterocycles. The van der Waals surface area contributed by atoms with E-state index in [1.165, 1.54) is 5.56 Å². The zero-order valence-electron chi connectivity index (χ0n) is 13.6. The van der Waals surface area contributed by atoms with Crippen molar-refractivity contribution in [2.75, 3.05) is 64.3 Å². The third kappa shape index (κ3) is 5.28. The number of nitrogens with one attached hydrogen (secondary N) is 2. The largest absolute Gasteiger partial charge is 0.379 e. The highest BCUT2D eigenvalue weighted by atomic mass is 16.5. The Morgan fingerprint density at radius 2 is 1.74 bits per heavy atom. The number of anilines is 1. The molecule has 6 heteroatoms. The van der Waals surface area contributed by atoms with E-state index in [1.807, 2.05) is 12.1 Å². The second kappa shape index (κ2) is 8.40. The Labute approximate surface area is 137 Å². The van der Waals surface area contributed by atoms with Gasteiger partial charge in [-0.2, -0.15) is 0 Å². The van der Waals surface area contributed by atoms with E-state index in [9.17, 15) is 4.79 Å². The Balaban J connectivity index is 1.45. The van der Waals surface area contributed by atoms with Crippen molar-refractivity contribution >= 4 is 11.6 Å². The van der Waals surface area contributed by atoms with Crippen LogP contribution >= 0.6 is 0 Å². The fourth-order valence-electron chi connectivity index (χ4n) is 2.98. The summed E-state index contributed by atoms with van der Waals surface area (Å²) >= 11 is 0. The number of ether oxygens (including phenoxy) is 1. The standard InChI is InChI=1S/C17H26N4O2/c22-17(14-20-7-5-18-6-8-20)19-16-3-1-15(2-4-16)13-21-9-11-23-12-10-21/h1-4,18H,5-14H2,(H,19,22). The van der Waals surface area contributed by atoms with Crippen LogP contribution in [0.4, 0.5) is 5.69 Å². The monoisotopic (exact) mass is 318 g/mol. The average Bonchev–Trinajstić information content (AvgIpc) is 2.58. The molecule has 0 unspecified atom stereocenters. The van der Waals surface area contributed by atoms with Crippen molar-refractivity contribution in [3.05, 3.63) is 29.8 Å². The lowest BCUT2D eigenvalue weighted by Gasteiger charge is -2.27. The maximum atomic E-state index is 12.1. The topological polar surface area (TPSA) is 56.8 Å². The van der Waals surface area contributed by atoms with Crippen molar-refractivity contribution in [1.29, 1.82) is 0 Å². The molecule has 2 fully saturated rings. The van der Waals surface area contributed by atoms with E-state index >= 15 is 0 Å². The molecule has 0 aliphatic carbocycles. The average molecular weight is 318 g/mol. The molecule has 2 N–H and O–H groups in total. The van der Waals surface area contributed by atoms with Gasteiger partial charge >= 0.3 is 0 Å². The first-order valence-electron chi connectivity index (χ1n) is 8.41. The van der Waals surface area contributed by atoms with Crippen molar-refractivity contribution in [2.24, 2.45) is 0 Å². The van der Waals surface area contributed by atoms with Gasteiger partial charge in [-0.05, 0) is 17.7 Å². The number of hydrogen-bond acceptors (Lipinski definition) is 5. The number of nitrogens with zero attached hydrogens (tertiary/aromatic N) is 2. The predicted octanol–water partition coefficient (Wildman–Crippen LogP) is 0.363. The van der Waals surface area contributed by atoms with Gasteiger partial charge < -0.3 is 15.4 Å². The van der Waals surface area contributed by atoms with E-state index in [0.29, 0.717) is 6.54 Å². The summed E-state index contributed by atoms with van der Waals surface area (Å²) in [5.74, 6) is 0.0628. The molecule has 1 aromatic carbocycles. The van der Waals surface area contributed by atoms with Crippen LogP contribution in [0.2, 0.25) is 0 Å². The van der Waals surface area contributed by atoms with Crippen LogP contribution in [0.15, 0.2) is 24.3 Å². The van der Waals surface area contributed by atoms with E-state index < -0.39 is 0 Å². The predicted molar refractivity (Wildman–Crippen MR) is 90.5 cm³/mol. The molecule has 0 aromatic heterocycles. The number of morpholine rings is 1. The van der Waals surface area contributed by atoms with Crippen LogP contribution in [0.5, 0.6) is 0 Å². The van der Waals surface area contributed by atoms with E-state index in [1.54, 1.807) is 0 Å². The SMILES string of the molecule is O=C(CN1CCNCC1)Nc1ccc(CN2CCOCC2)cc1. The molecule has 1 aromatic rings. The Hall–Kier alpha value is -1.47. The fraction of sp³-hybridized carbons (Fsp3) is 0.588. The molecular formula is C17H26N4O2. The zero-order valence-corrected chi connectivity index (χ0v) is 13.6. The minimum atomic E-state index is 0.0628. The lowest BCUT2D eigenvalue weighted by atomic mass is 10.2. The third-order valence-corrected chi connectivity index (χ3v) is 4.32. The van der Waals surface area contributed by atoms with Crippen molar-refractivity contribution in [3.8, 4) is 0 Å². The second-order valence-corrected chi connectivity index (χ2v) is 6.16. The van der Waals surface area contributed by atoms with E-state index in [4.69, 9.17) is 4.74 Å². The lowest BCUT2D eigenvalue weighted by Crippen LogP contribution is -2.46. The number of hydrogen-bond donors (Lipinski definition) is 2. The van der Waals surface area contributed by atoms with Crippen LogP contribution in [0.3, 0.4) is 0 Å². The van der Waals surface area contributed by atoms with Gasteiger partial charge in [-0.15, -0.1) is 0 Å². The van der Waals surface area contributed by atoms with E-state index in [2.05, 4.69) is 32.6 Å².